The van der Waals surface area contributed by atoms with E-state index in [1.165, 1.54) is 18.9 Å². The van der Waals surface area contributed by atoms with Gasteiger partial charge in [0.05, 0.1) is 4.47 Å². The summed E-state index contributed by atoms with van der Waals surface area (Å²) in [6.07, 6.45) is -2.19. The summed E-state index contributed by atoms with van der Waals surface area (Å²) in [5, 5.41) is 3.32. The van der Waals surface area contributed by atoms with E-state index in [1.807, 2.05) is 0 Å². The molecule has 106 valence electrons. The molecular formula is C13H15BrF3NO. The first-order valence-electron chi connectivity index (χ1n) is 6.02. The fourth-order valence-corrected chi connectivity index (χ4v) is 2.27. The van der Waals surface area contributed by atoms with E-state index in [9.17, 15) is 13.2 Å². The van der Waals surface area contributed by atoms with Crippen LogP contribution in [0.15, 0.2) is 22.7 Å². The topological polar surface area (TPSA) is 21.3 Å². The summed E-state index contributed by atoms with van der Waals surface area (Å²) < 4.78 is 40.5. The number of alkyl halides is 3. The Balaban J connectivity index is 1.90. The summed E-state index contributed by atoms with van der Waals surface area (Å²) in [6, 6.07) is 4.60. The van der Waals surface area contributed by atoms with E-state index in [0.29, 0.717) is 16.4 Å². The number of nitrogens with one attached hydrogen (secondary N) is 1. The lowest BCUT2D eigenvalue weighted by Crippen LogP contribution is -2.21. The average Bonchev–Trinajstić information content (AvgIpc) is 2.99. The fourth-order valence-electron chi connectivity index (χ4n) is 1.76. The van der Waals surface area contributed by atoms with E-state index in [1.54, 1.807) is 12.1 Å². The van der Waals surface area contributed by atoms with E-state index in [-0.39, 0.29) is 5.75 Å². The van der Waals surface area contributed by atoms with Gasteiger partial charge in [0.15, 0.2) is 0 Å². The minimum atomic E-state index is -4.66. The van der Waals surface area contributed by atoms with Crippen LogP contribution in [0.3, 0.4) is 0 Å². The maximum Gasteiger partial charge on any atom is 0.573 e. The number of rotatable bonds is 5. The van der Waals surface area contributed by atoms with Crippen LogP contribution < -0.4 is 10.1 Å². The van der Waals surface area contributed by atoms with Crippen molar-refractivity contribution in [2.75, 3.05) is 6.54 Å². The van der Waals surface area contributed by atoms with Gasteiger partial charge in [-0.1, -0.05) is 13.0 Å². The van der Waals surface area contributed by atoms with Crippen LogP contribution in [0.5, 0.6) is 5.75 Å². The highest BCUT2D eigenvalue weighted by Gasteiger charge is 2.36. The highest BCUT2D eigenvalue weighted by atomic mass is 79.9. The Morgan fingerprint density at radius 1 is 1.37 bits per heavy atom. The number of hydrogen-bond donors (Lipinski definition) is 1. The summed E-state index contributed by atoms with van der Waals surface area (Å²) in [7, 11) is 0. The van der Waals surface area contributed by atoms with Gasteiger partial charge in [0.1, 0.15) is 5.75 Å². The third-order valence-corrected chi connectivity index (χ3v) is 3.83. The van der Waals surface area contributed by atoms with Gasteiger partial charge >= 0.3 is 6.36 Å². The maximum atomic E-state index is 12.1. The van der Waals surface area contributed by atoms with Gasteiger partial charge in [0.25, 0.3) is 0 Å². The van der Waals surface area contributed by atoms with Crippen molar-refractivity contribution in [1.82, 2.24) is 5.32 Å². The fraction of sp³-hybridized carbons (Fsp3) is 0.538. The zero-order chi connectivity index (χ0) is 14.1. The highest BCUT2D eigenvalue weighted by Crippen LogP contribution is 2.44. The molecule has 1 N–H and O–H groups in total. The first kappa shape index (κ1) is 14.7. The normalized spacial score (nSPS) is 17.3. The van der Waals surface area contributed by atoms with E-state index in [0.717, 1.165) is 12.1 Å². The number of hydrogen-bond acceptors (Lipinski definition) is 2. The van der Waals surface area contributed by atoms with Gasteiger partial charge in [-0.2, -0.15) is 0 Å². The summed E-state index contributed by atoms with van der Waals surface area (Å²) >= 11 is 3.09. The molecule has 1 aliphatic rings. The third kappa shape index (κ3) is 4.69. The van der Waals surface area contributed by atoms with Gasteiger partial charge in [0.2, 0.25) is 0 Å². The second-order valence-corrected chi connectivity index (χ2v) is 6.08. The lowest BCUT2D eigenvalue weighted by atomic mass is 10.1. The van der Waals surface area contributed by atoms with Crippen molar-refractivity contribution >= 4 is 15.9 Å². The predicted molar refractivity (Wildman–Crippen MR) is 69.9 cm³/mol. The number of benzene rings is 1. The van der Waals surface area contributed by atoms with Crippen LogP contribution in [0, 0.1) is 5.41 Å². The summed E-state index contributed by atoms with van der Waals surface area (Å²) in [5.74, 6) is -0.217. The quantitative estimate of drug-likeness (QED) is 0.867. The van der Waals surface area contributed by atoms with E-state index < -0.39 is 6.36 Å². The van der Waals surface area contributed by atoms with Crippen molar-refractivity contribution < 1.29 is 17.9 Å². The van der Waals surface area contributed by atoms with Gasteiger partial charge < -0.3 is 10.1 Å². The Morgan fingerprint density at radius 3 is 2.58 bits per heavy atom. The molecule has 6 heteroatoms. The van der Waals surface area contributed by atoms with Crippen molar-refractivity contribution in [2.45, 2.75) is 32.7 Å². The van der Waals surface area contributed by atoms with Crippen molar-refractivity contribution in [3.63, 3.8) is 0 Å². The molecule has 0 unspecified atom stereocenters. The van der Waals surface area contributed by atoms with Gasteiger partial charge in [0, 0.05) is 13.1 Å². The summed E-state index contributed by atoms with van der Waals surface area (Å²) in [4.78, 5) is 0. The number of ether oxygens (including phenoxy) is 1. The Kier molecular flexibility index (Phi) is 4.11. The van der Waals surface area contributed by atoms with Gasteiger partial charge in [-0.25, -0.2) is 0 Å². The molecule has 0 aromatic heterocycles. The van der Waals surface area contributed by atoms with Crippen molar-refractivity contribution in [3.05, 3.63) is 28.2 Å². The Morgan fingerprint density at radius 2 is 2.05 bits per heavy atom. The van der Waals surface area contributed by atoms with Crippen LogP contribution in [-0.4, -0.2) is 12.9 Å². The zero-order valence-corrected chi connectivity index (χ0v) is 12.1. The minimum absolute atomic E-state index is 0.217. The lowest BCUT2D eigenvalue weighted by Gasteiger charge is -2.13. The zero-order valence-electron chi connectivity index (χ0n) is 10.5. The standard InChI is InChI=1S/C13H15BrF3NO/c1-12(4-5-12)8-18-7-9-2-3-11(10(14)6-9)19-13(15,16)17/h2-3,6,18H,4-5,7-8H2,1H3. The third-order valence-electron chi connectivity index (χ3n) is 3.21. The van der Waals surface area contributed by atoms with Crippen molar-refractivity contribution in [3.8, 4) is 5.75 Å². The van der Waals surface area contributed by atoms with Crippen molar-refractivity contribution in [2.24, 2.45) is 5.41 Å². The lowest BCUT2D eigenvalue weighted by molar-refractivity contribution is -0.274. The molecule has 0 saturated heterocycles. The molecular weight excluding hydrogens is 323 g/mol. The van der Waals surface area contributed by atoms with Crippen LogP contribution in [0.2, 0.25) is 0 Å². The molecule has 0 bridgehead atoms. The molecule has 2 nitrogen and oxygen atoms in total. The molecule has 0 heterocycles. The molecule has 1 aliphatic carbocycles. The first-order valence-corrected chi connectivity index (χ1v) is 6.82. The van der Waals surface area contributed by atoms with Gasteiger partial charge in [-0.15, -0.1) is 13.2 Å². The molecule has 0 amide bonds. The van der Waals surface area contributed by atoms with Crippen LogP contribution in [0.1, 0.15) is 25.3 Å². The molecule has 1 saturated carbocycles. The highest BCUT2D eigenvalue weighted by molar-refractivity contribution is 9.10. The molecule has 2 rings (SSSR count). The average molecular weight is 338 g/mol. The Bertz CT molecular complexity index is 458. The minimum Gasteiger partial charge on any atom is -0.405 e. The van der Waals surface area contributed by atoms with Crippen LogP contribution in [0.4, 0.5) is 13.2 Å². The second kappa shape index (κ2) is 5.32. The summed E-state index contributed by atoms with van der Waals surface area (Å²) in [5.41, 5.74) is 1.34. The van der Waals surface area contributed by atoms with Crippen molar-refractivity contribution in [1.29, 1.82) is 0 Å². The largest absolute Gasteiger partial charge is 0.573 e. The SMILES string of the molecule is CC1(CNCc2ccc(OC(F)(F)F)c(Br)c2)CC1. The maximum absolute atomic E-state index is 12.1. The van der Waals surface area contributed by atoms with Gasteiger partial charge in [-0.3, -0.25) is 0 Å². The molecule has 0 spiro atoms. The molecule has 1 aromatic carbocycles. The molecule has 0 radical (unpaired) electrons. The van der Waals surface area contributed by atoms with Crippen LogP contribution in [-0.2, 0) is 6.54 Å². The predicted octanol–water partition coefficient (Wildman–Crippen LogP) is 4.24. The monoisotopic (exact) mass is 337 g/mol. The molecule has 0 atom stereocenters. The smallest absolute Gasteiger partial charge is 0.405 e. The number of halogens is 4. The van der Waals surface area contributed by atoms with E-state index in [2.05, 4.69) is 32.9 Å². The molecule has 0 aliphatic heterocycles. The Hall–Kier alpha value is -0.750. The summed E-state index contributed by atoms with van der Waals surface area (Å²) in [6.45, 7) is 3.79. The molecule has 1 fully saturated rings. The van der Waals surface area contributed by atoms with Gasteiger partial charge in [-0.05, 0) is 51.9 Å². The Labute approximate surface area is 118 Å². The second-order valence-electron chi connectivity index (χ2n) is 5.23. The van der Waals surface area contributed by atoms with E-state index >= 15 is 0 Å². The van der Waals surface area contributed by atoms with Crippen LogP contribution >= 0.6 is 15.9 Å². The first-order chi connectivity index (χ1) is 8.77. The van der Waals surface area contributed by atoms with E-state index in [4.69, 9.17) is 0 Å². The van der Waals surface area contributed by atoms with Crippen LogP contribution in [0.25, 0.3) is 0 Å². The molecule has 19 heavy (non-hydrogen) atoms. The molecule has 1 aromatic rings.